The van der Waals surface area contributed by atoms with Crippen molar-refractivity contribution < 1.29 is 4.74 Å². The Hall–Kier alpha value is -0.860. The van der Waals surface area contributed by atoms with Crippen molar-refractivity contribution in [2.45, 2.75) is 52.0 Å². The van der Waals surface area contributed by atoms with E-state index in [9.17, 15) is 0 Å². The van der Waals surface area contributed by atoms with Crippen LogP contribution in [0.15, 0.2) is 24.3 Å². The summed E-state index contributed by atoms with van der Waals surface area (Å²) in [4.78, 5) is 0. The summed E-state index contributed by atoms with van der Waals surface area (Å²) in [7, 11) is 1.99. The van der Waals surface area contributed by atoms with Crippen molar-refractivity contribution in [2.24, 2.45) is 0 Å². The number of benzene rings is 1. The van der Waals surface area contributed by atoms with Crippen molar-refractivity contribution in [3.8, 4) is 0 Å². The predicted molar refractivity (Wildman–Crippen MR) is 82.7 cm³/mol. The lowest BCUT2D eigenvalue weighted by atomic mass is 9.86. The molecule has 0 aliphatic carbocycles. The van der Waals surface area contributed by atoms with Crippen LogP contribution in [0.1, 0.15) is 57.7 Å². The minimum absolute atomic E-state index is 0.214. The summed E-state index contributed by atoms with van der Waals surface area (Å²) in [5.74, 6) is 0. The molecular formula is C17H29NO. The Bertz CT molecular complexity index is 351. The summed E-state index contributed by atoms with van der Waals surface area (Å²) < 4.78 is 5.72. The molecule has 0 aromatic heterocycles. The Kier molecular flexibility index (Phi) is 6.53. The van der Waals surface area contributed by atoms with Crippen LogP contribution in [0.25, 0.3) is 0 Å². The van der Waals surface area contributed by atoms with Crippen molar-refractivity contribution in [3.05, 3.63) is 35.4 Å². The summed E-state index contributed by atoms with van der Waals surface area (Å²) in [6, 6.07) is 9.17. The highest BCUT2D eigenvalue weighted by Gasteiger charge is 2.15. The number of unbranched alkanes of at least 4 members (excludes halogenated alkanes) is 1. The molecule has 0 amide bonds. The maximum atomic E-state index is 5.72. The zero-order chi connectivity index (χ0) is 14.3. The standard InChI is InChI=1S/C17H29NO/c1-6-7-12-19-13-16(18-5)14-8-10-15(11-9-14)17(2,3)4/h8-11,16,18H,6-7,12-13H2,1-5H3. The first kappa shape index (κ1) is 16.2. The van der Waals surface area contributed by atoms with E-state index in [1.807, 2.05) is 7.05 Å². The molecule has 0 saturated heterocycles. The van der Waals surface area contributed by atoms with E-state index >= 15 is 0 Å². The van der Waals surface area contributed by atoms with Crippen LogP contribution in [0.2, 0.25) is 0 Å². The highest BCUT2D eigenvalue weighted by Crippen LogP contribution is 2.24. The van der Waals surface area contributed by atoms with Gasteiger partial charge in [0, 0.05) is 6.61 Å². The van der Waals surface area contributed by atoms with Gasteiger partial charge >= 0.3 is 0 Å². The molecule has 1 aromatic rings. The van der Waals surface area contributed by atoms with Gasteiger partial charge in [-0.1, -0.05) is 58.4 Å². The average molecular weight is 263 g/mol. The van der Waals surface area contributed by atoms with E-state index in [1.165, 1.54) is 17.5 Å². The van der Waals surface area contributed by atoms with Gasteiger partial charge in [0.1, 0.15) is 0 Å². The third-order valence-corrected chi connectivity index (χ3v) is 3.45. The second-order valence-corrected chi connectivity index (χ2v) is 6.14. The lowest BCUT2D eigenvalue weighted by Crippen LogP contribution is -2.22. The molecule has 2 heteroatoms. The number of rotatable bonds is 7. The highest BCUT2D eigenvalue weighted by molar-refractivity contribution is 5.29. The Morgan fingerprint density at radius 3 is 2.26 bits per heavy atom. The molecule has 1 N–H and O–H groups in total. The van der Waals surface area contributed by atoms with Gasteiger partial charge < -0.3 is 10.1 Å². The molecule has 108 valence electrons. The number of hydrogen-bond donors (Lipinski definition) is 1. The molecule has 0 saturated carbocycles. The second kappa shape index (κ2) is 7.66. The van der Waals surface area contributed by atoms with Gasteiger partial charge in [-0.25, -0.2) is 0 Å². The molecule has 19 heavy (non-hydrogen) atoms. The molecule has 0 bridgehead atoms. The van der Waals surface area contributed by atoms with Gasteiger partial charge in [0.2, 0.25) is 0 Å². The summed E-state index contributed by atoms with van der Waals surface area (Å²) in [5, 5.41) is 3.33. The molecule has 0 heterocycles. The predicted octanol–water partition coefficient (Wildman–Crippen LogP) is 4.06. The van der Waals surface area contributed by atoms with E-state index in [2.05, 4.69) is 57.3 Å². The molecule has 0 aliphatic rings. The Balaban J connectivity index is 2.61. The summed E-state index contributed by atoms with van der Waals surface area (Å²) in [6.07, 6.45) is 2.32. The molecular weight excluding hydrogens is 234 g/mol. The minimum atomic E-state index is 0.214. The molecule has 1 aromatic carbocycles. The van der Waals surface area contributed by atoms with Gasteiger partial charge in [-0.2, -0.15) is 0 Å². The minimum Gasteiger partial charge on any atom is -0.379 e. The van der Waals surface area contributed by atoms with Crippen LogP contribution in [-0.2, 0) is 10.2 Å². The first-order chi connectivity index (χ1) is 8.99. The average Bonchev–Trinajstić information content (AvgIpc) is 2.38. The summed E-state index contributed by atoms with van der Waals surface area (Å²) in [6.45, 7) is 10.5. The summed E-state index contributed by atoms with van der Waals surface area (Å²) >= 11 is 0. The Morgan fingerprint density at radius 1 is 1.16 bits per heavy atom. The molecule has 1 unspecified atom stereocenters. The number of ether oxygens (including phenoxy) is 1. The van der Waals surface area contributed by atoms with Crippen LogP contribution in [0.4, 0.5) is 0 Å². The third-order valence-electron chi connectivity index (χ3n) is 3.45. The zero-order valence-electron chi connectivity index (χ0n) is 13.1. The van der Waals surface area contributed by atoms with Gasteiger partial charge in [0.15, 0.2) is 0 Å². The van der Waals surface area contributed by atoms with Gasteiger partial charge in [0.25, 0.3) is 0 Å². The van der Waals surface area contributed by atoms with Crippen molar-refractivity contribution in [2.75, 3.05) is 20.3 Å². The molecule has 1 atom stereocenters. The highest BCUT2D eigenvalue weighted by atomic mass is 16.5. The molecule has 2 nitrogen and oxygen atoms in total. The van der Waals surface area contributed by atoms with Crippen LogP contribution < -0.4 is 5.32 Å². The van der Waals surface area contributed by atoms with Gasteiger partial charge in [0.05, 0.1) is 12.6 Å². The molecule has 1 rings (SSSR count). The number of nitrogens with one attached hydrogen (secondary N) is 1. The van der Waals surface area contributed by atoms with E-state index in [0.29, 0.717) is 0 Å². The monoisotopic (exact) mass is 263 g/mol. The van der Waals surface area contributed by atoms with Crippen LogP contribution in [-0.4, -0.2) is 20.3 Å². The molecule has 0 fully saturated rings. The largest absolute Gasteiger partial charge is 0.379 e. The Morgan fingerprint density at radius 2 is 1.79 bits per heavy atom. The van der Waals surface area contributed by atoms with Gasteiger partial charge in [-0.15, -0.1) is 0 Å². The van der Waals surface area contributed by atoms with Gasteiger partial charge in [-0.05, 0) is 30.0 Å². The third kappa shape index (κ3) is 5.33. The lowest BCUT2D eigenvalue weighted by Gasteiger charge is -2.21. The maximum absolute atomic E-state index is 5.72. The first-order valence-electron chi connectivity index (χ1n) is 7.34. The van der Waals surface area contributed by atoms with Crippen molar-refractivity contribution in [1.29, 1.82) is 0 Å². The van der Waals surface area contributed by atoms with Crippen LogP contribution >= 0.6 is 0 Å². The number of likely N-dealkylation sites (N-methyl/N-ethyl adjacent to an activating group) is 1. The van der Waals surface area contributed by atoms with Crippen molar-refractivity contribution >= 4 is 0 Å². The first-order valence-corrected chi connectivity index (χ1v) is 7.34. The quantitative estimate of drug-likeness (QED) is 0.749. The van der Waals surface area contributed by atoms with E-state index in [4.69, 9.17) is 4.74 Å². The molecule has 0 spiro atoms. The smallest absolute Gasteiger partial charge is 0.0661 e. The lowest BCUT2D eigenvalue weighted by molar-refractivity contribution is 0.111. The number of hydrogen-bond acceptors (Lipinski definition) is 2. The van der Waals surface area contributed by atoms with Crippen LogP contribution in [0, 0.1) is 0 Å². The van der Waals surface area contributed by atoms with E-state index in [1.54, 1.807) is 0 Å². The molecule has 0 radical (unpaired) electrons. The van der Waals surface area contributed by atoms with Gasteiger partial charge in [-0.3, -0.25) is 0 Å². The Labute approximate surface area is 118 Å². The fourth-order valence-electron chi connectivity index (χ4n) is 2.01. The fourth-order valence-corrected chi connectivity index (χ4v) is 2.01. The topological polar surface area (TPSA) is 21.3 Å². The van der Waals surface area contributed by atoms with Crippen LogP contribution in [0.3, 0.4) is 0 Å². The van der Waals surface area contributed by atoms with E-state index in [0.717, 1.165) is 19.6 Å². The maximum Gasteiger partial charge on any atom is 0.0661 e. The zero-order valence-corrected chi connectivity index (χ0v) is 13.1. The molecule has 0 aliphatic heterocycles. The van der Waals surface area contributed by atoms with Crippen molar-refractivity contribution in [1.82, 2.24) is 5.32 Å². The fraction of sp³-hybridized carbons (Fsp3) is 0.647. The second-order valence-electron chi connectivity index (χ2n) is 6.14. The normalized spacial score (nSPS) is 13.5. The van der Waals surface area contributed by atoms with E-state index in [-0.39, 0.29) is 11.5 Å². The van der Waals surface area contributed by atoms with E-state index < -0.39 is 0 Å². The summed E-state index contributed by atoms with van der Waals surface area (Å²) in [5.41, 5.74) is 2.88. The van der Waals surface area contributed by atoms with Crippen molar-refractivity contribution in [3.63, 3.8) is 0 Å². The SMILES string of the molecule is CCCCOCC(NC)c1ccc(C(C)(C)C)cc1. The van der Waals surface area contributed by atoms with Crippen LogP contribution in [0.5, 0.6) is 0 Å².